The van der Waals surface area contributed by atoms with E-state index in [4.69, 9.17) is 4.74 Å². The Labute approximate surface area is 154 Å². The van der Waals surface area contributed by atoms with Crippen LogP contribution < -0.4 is 10.1 Å². The molecule has 0 aromatic heterocycles. The first-order valence-electron chi connectivity index (χ1n) is 8.14. The summed E-state index contributed by atoms with van der Waals surface area (Å²) in [5, 5.41) is 2.74. The van der Waals surface area contributed by atoms with Crippen molar-refractivity contribution in [1.82, 2.24) is 4.31 Å². The highest BCUT2D eigenvalue weighted by molar-refractivity contribution is 7.89. The van der Waals surface area contributed by atoms with Crippen molar-refractivity contribution in [3.05, 3.63) is 53.1 Å². The topological polar surface area (TPSA) is 75.7 Å². The number of carbonyl (C=O) groups excluding carboxylic acids is 1. The van der Waals surface area contributed by atoms with Crippen LogP contribution in [0.4, 0.5) is 5.69 Å². The van der Waals surface area contributed by atoms with Crippen molar-refractivity contribution in [3.8, 4) is 5.75 Å². The smallest absolute Gasteiger partial charge is 0.262 e. The van der Waals surface area contributed by atoms with Gasteiger partial charge < -0.3 is 10.1 Å². The van der Waals surface area contributed by atoms with Gasteiger partial charge in [0.15, 0.2) is 6.61 Å². The molecule has 6 nitrogen and oxygen atoms in total. The highest BCUT2D eigenvalue weighted by atomic mass is 32.2. The van der Waals surface area contributed by atoms with Gasteiger partial charge in [-0.25, -0.2) is 12.7 Å². The predicted molar refractivity (Wildman–Crippen MR) is 102 cm³/mol. The summed E-state index contributed by atoms with van der Waals surface area (Å²) in [5.74, 6) is 0.255. The van der Waals surface area contributed by atoms with Crippen molar-refractivity contribution in [2.75, 3.05) is 26.0 Å². The Kier molecular flexibility index (Phi) is 6.05. The maximum atomic E-state index is 12.4. The van der Waals surface area contributed by atoms with Crippen LogP contribution in [0, 0.1) is 20.8 Å². The summed E-state index contributed by atoms with van der Waals surface area (Å²) >= 11 is 0. The molecule has 0 saturated heterocycles. The standard InChI is InChI=1S/C19H24N2O4S/c1-13-7-6-8-16(9-13)25-12-19(22)20-18-11-17(10-14(2)15(18)3)26(23,24)21(4)5/h6-11H,12H2,1-5H3,(H,20,22). The molecule has 0 atom stereocenters. The molecule has 2 aromatic rings. The van der Waals surface area contributed by atoms with Crippen LogP contribution in [0.5, 0.6) is 5.75 Å². The van der Waals surface area contributed by atoms with Crippen LogP contribution in [-0.2, 0) is 14.8 Å². The molecule has 0 bridgehead atoms. The summed E-state index contributed by atoms with van der Waals surface area (Å²) in [7, 11) is -0.642. The zero-order valence-corrected chi connectivity index (χ0v) is 16.5. The van der Waals surface area contributed by atoms with Gasteiger partial charge in [-0.3, -0.25) is 4.79 Å². The molecule has 1 amide bonds. The van der Waals surface area contributed by atoms with Gasteiger partial charge in [0.25, 0.3) is 5.91 Å². The molecule has 1 N–H and O–H groups in total. The van der Waals surface area contributed by atoms with E-state index in [-0.39, 0.29) is 17.4 Å². The third-order valence-corrected chi connectivity index (χ3v) is 5.85. The van der Waals surface area contributed by atoms with E-state index in [9.17, 15) is 13.2 Å². The normalized spacial score (nSPS) is 11.5. The lowest BCUT2D eigenvalue weighted by atomic mass is 10.1. The fourth-order valence-corrected chi connectivity index (χ4v) is 3.37. The maximum Gasteiger partial charge on any atom is 0.262 e. The minimum Gasteiger partial charge on any atom is -0.484 e. The van der Waals surface area contributed by atoms with E-state index in [2.05, 4.69) is 5.32 Å². The molecule has 0 unspecified atom stereocenters. The number of ether oxygens (including phenoxy) is 1. The number of hydrogen-bond donors (Lipinski definition) is 1. The van der Waals surface area contributed by atoms with E-state index in [1.54, 1.807) is 12.1 Å². The minimum atomic E-state index is -3.58. The van der Waals surface area contributed by atoms with E-state index >= 15 is 0 Å². The lowest BCUT2D eigenvalue weighted by Gasteiger charge is -2.16. The van der Waals surface area contributed by atoms with Crippen molar-refractivity contribution >= 4 is 21.6 Å². The third kappa shape index (κ3) is 4.62. The monoisotopic (exact) mass is 376 g/mol. The van der Waals surface area contributed by atoms with Gasteiger partial charge >= 0.3 is 0 Å². The average Bonchev–Trinajstić information content (AvgIpc) is 2.56. The summed E-state index contributed by atoms with van der Waals surface area (Å²) in [6.45, 7) is 5.42. The molecular weight excluding hydrogens is 352 g/mol. The zero-order chi connectivity index (χ0) is 19.5. The van der Waals surface area contributed by atoms with Crippen LogP contribution in [0.1, 0.15) is 16.7 Å². The Hall–Kier alpha value is -2.38. The van der Waals surface area contributed by atoms with Gasteiger partial charge in [-0.15, -0.1) is 0 Å². The highest BCUT2D eigenvalue weighted by Crippen LogP contribution is 2.25. The summed E-state index contributed by atoms with van der Waals surface area (Å²) in [4.78, 5) is 12.4. The number of amides is 1. The Morgan fingerprint density at radius 1 is 1.12 bits per heavy atom. The first-order chi connectivity index (χ1) is 12.1. The number of benzene rings is 2. The zero-order valence-electron chi connectivity index (χ0n) is 15.7. The van der Waals surface area contributed by atoms with Crippen LogP contribution in [0.25, 0.3) is 0 Å². The average molecular weight is 376 g/mol. The molecule has 0 aliphatic carbocycles. The Morgan fingerprint density at radius 3 is 2.42 bits per heavy atom. The Bertz CT molecular complexity index is 921. The van der Waals surface area contributed by atoms with Gasteiger partial charge in [-0.2, -0.15) is 0 Å². The van der Waals surface area contributed by atoms with Crippen LogP contribution in [-0.4, -0.2) is 39.3 Å². The highest BCUT2D eigenvalue weighted by Gasteiger charge is 2.20. The fourth-order valence-electron chi connectivity index (χ4n) is 2.36. The van der Waals surface area contributed by atoms with Crippen molar-refractivity contribution in [2.45, 2.75) is 25.7 Å². The predicted octanol–water partition coefficient (Wildman–Crippen LogP) is 2.88. The fraction of sp³-hybridized carbons (Fsp3) is 0.316. The molecule has 2 rings (SSSR count). The minimum absolute atomic E-state index is 0.139. The summed E-state index contributed by atoms with van der Waals surface area (Å²) < 4.78 is 31.4. The van der Waals surface area contributed by atoms with E-state index in [0.717, 1.165) is 21.0 Å². The molecule has 7 heteroatoms. The van der Waals surface area contributed by atoms with Crippen LogP contribution in [0.3, 0.4) is 0 Å². The number of anilines is 1. The molecule has 0 aliphatic rings. The second kappa shape index (κ2) is 7.88. The van der Waals surface area contributed by atoms with Gasteiger partial charge in [0.2, 0.25) is 10.0 Å². The third-order valence-electron chi connectivity index (χ3n) is 4.05. The molecule has 0 aliphatic heterocycles. The number of aryl methyl sites for hydroxylation is 2. The quantitative estimate of drug-likeness (QED) is 0.841. The second-order valence-electron chi connectivity index (χ2n) is 6.35. The largest absolute Gasteiger partial charge is 0.484 e. The van der Waals surface area contributed by atoms with Crippen molar-refractivity contribution in [1.29, 1.82) is 0 Å². The number of hydrogen-bond acceptors (Lipinski definition) is 4. The lowest BCUT2D eigenvalue weighted by molar-refractivity contribution is -0.118. The van der Waals surface area contributed by atoms with E-state index in [1.807, 2.05) is 39.0 Å². The molecule has 0 heterocycles. The van der Waals surface area contributed by atoms with Crippen molar-refractivity contribution in [2.24, 2.45) is 0 Å². The molecule has 0 radical (unpaired) electrons. The van der Waals surface area contributed by atoms with Gasteiger partial charge in [-0.1, -0.05) is 12.1 Å². The second-order valence-corrected chi connectivity index (χ2v) is 8.51. The van der Waals surface area contributed by atoms with Gasteiger partial charge in [0.05, 0.1) is 4.90 Å². The number of sulfonamides is 1. The Morgan fingerprint density at radius 2 is 1.81 bits per heavy atom. The lowest BCUT2D eigenvalue weighted by Crippen LogP contribution is -2.24. The summed E-state index contributed by atoms with van der Waals surface area (Å²) in [6.07, 6.45) is 0. The summed E-state index contributed by atoms with van der Waals surface area (Å²) in [6, 6.07) is 10.5. The molecule has 0 saturated carbocycles. The molecular formula is C19H24N2O4S. The van der Waals surface area contributed by atoms with Gasteiger partial charge in [0.1, 0.15) is 5.75 Å². The summed E-state index contributed by atoms with van der Waals surface area (Å²) in [5.41, 5.74) is 3.09. The SMILES string of the molecule is Cc1cccc(OCC(=O)Nc2cc(S(=O)(=O)N(C)C)cc(C)c2C)c1. The molecule has 140 valence electrons. The van der Waals surface area contributed by atoms with Crippen LogP contribution >= 0.6 is 0 Å². The number of carbonyl (C=O) groups is 1. The number of nitrogens with zero attached hydrogens (tertiary/aromatic N) is 1. The Balaban J connectivity index is 2.18. The van der Waals surface area contributed by atoms with E-state index in [1.165, 1.54) is 20.2 Å². The van der Waals surface area contributed by atoms with Crippen molar-refractivity contribution in [3.63, 3.8) is 0 Å². The molecule has 26 heavy (non-hydrogen) atoms. The molecule has 0 fully saturated rings. The van der Waals surface area contributed by atoms with E-state index < -0.39 is 10.0 Å². The first-order valence-corrected chi connectivity index (χ1v) is 9.58. The maximum absolute atomic E-state index is 12.4. The van der Waals surface area contributed by atoms with Crippen LogP contribution in [0.2, 0.25) is 0 Å². The van der Waals surface area contributed by atoms with Gasteiger partial charge in [-0.05, 0) is 61.7 Å². The van der Waals surface area contributed by atoms with E-state index in [0.29, 0.717) is 11.4 Å². The molecule has 0 spiro atoms. The first kappa shape index (κ1) is 19.9. The van der Waals surface area contributed by atoms with Crippen LogP contribution in [0.15, 0.2) is 41.3 Å². The number of rotatable bonds is 6. The molecule has 2 aromatic carbocycles. The van der Waals surface area contributed by atoms with Crippen molar-refractivity contribution < 1.29 is 17.9 Å². The van der Waals surface area contributed by atoms with Gasteiger partial charge in [0, 0.05) is 19.8 Å². The number of nitrogens with one attached hydrogen (secondary N) is 1.